The van der Waals surface area contributed by atoms with Crippen LogP contribution in [0.2, 0.25) is 0 Å². The zero-order valence-electron chi connectivity index (χ0n) is 10.7. The van der Waals surface area contributed by atoms with Crippen LogP contribution in [-0.2, 0) is 14.6 Å². The van der Waals surface area contributed by atoms with Crippen LogP contribution in [0, 0.1) is 5.82 Å². The molecule has 1 aliphatic heterocycles. The molecule has 1 atom stereocenters. The topological polar surface area (TPSA) is 54.5 Å². The first-order valence-corrected chi connectivity index (χ1v) is 8.15. The number of nitrogens with zero attached hydrogens (tertiary/aromatic N) is 1. The van der Waals surface area contributed by atoms with Gasteiger partial charge in [0.05, 0.1) is 11.8 Å². The molecule has 0 bridgehead atoms. The molecule has 6 heteroatoms. The molecule has 1 unspecified atom stereocenters. The van der Waals surface area contributed by atoms with Crippen molar-refractivity contribution >= 4 is 15.7 Å². The number of rotatable bonds is 4. The number of hydrogen-bond donors (Lipinski definition) is 0. The van der Waals surface area contributed by atoms with Gasteiger partial charge in [0.2, 0.25) is 5.91 Å². The summed E-state index contributed by atoms with van der Waals surface area (Å²) < 4.78 is 34.9. The van der Waals surface area contributed by atoms with Crippen LogP contribution in [0.3, 0.4) is 0 Å². The predicted molar refractivity (Wildman–Crippen MR) is 69.8 cm³/mol. The Labute approximate surface area is 112 Å². The first-order valence-electron chi connectivity index (χ1n) is 6.09. The maximum Gasteiger partial charge on any atom is 0.224 e. The average molecular weight is 285 g/mol. The molecule has 0 N–H and O–H groups in total. The Morgan fingerprint density at radius 3 is 2.47 bits per heavy atom. The summed E-state index contributed by atoms with van der Waals surface area (Å²) in [7, 11) is -3.12. The number of amides is 1. The number of likely N-dealkylation sites (tertiary alicyclic amines) is 1. The van der Waals surface area contributed by atoms with E-state index in [1.807, 2.05) is 0 Å². The predicted octanol–water partition coefficient (Wildman–Crippen LogP) is 1.53. The van der Waals surface area contributed by atoms with E-state index in [-0.39, 0.29) is 29.9 Å². The molecule has 19 heavy (non-hydrogen) atoms. The smallest absolute Gasteiger partial charge is 0.224 e. The highest BCUT2D eigenvalue weighted by atomic mass is 32.2. The Kier molecular flexibility index (Phi) is 3.89. The highest BCUT2D eigenvalue weighted by molar-refractivity contribution is 7.90. The lowest BCUT2D eigenvalue weighted by Crippen LogP contribution is -2.45. The SMILES string of the molecule is CS(=O)(=O)CCC(=O)N1CCC1c1ccc(F)cc1. The van der Waals surface area contributed by atoms with Crippen molar-refractivity contribution in [2.75, 3.05) is 18.6 Å². The molecular weight excluding hydrogens is 269 g/mol. The van der Waals surface area contributed by atoms with Gasteiger partial charge in [-0.2, -0.15) is 0 Å². The summed E-state index contributed by atoms with van der Waals surface area (Å²) in [4.78, 5) is 13.6. The number of benzene rings is 1. The van der Waals surface area contributed by atoms with Gasteiger partial charge in [0, 0.05) is 19.2 Å². The number of sulfone groups is 1. The van der Waals surface area contributed by atoms with Gasteiger partial charge in [-0.15, -0.1) is 0 Å². The molecule has 1 aromatic carbocycles. The fourth-order valence-electron chi connectivity index (χ4n) is 2.13. The Hall–Kier alpha value is -1.43. The molecule has 0 saturated carbocycles. The second kappa shape index (κ2) is 5.28. The van der Waals surface area contributed by atoms with Gasteiger partial charge in [-0.1, -0.05) is 12.1 Å². The molecular formula is C13H16FNO3S. The third-order valence-corrected chi connectivity index (χ3v) is 4.23. The molecule has 0 spiro atoms. The van der Waals surface area contributed by atoms with Crippen molar-refractivity contribution < 1.29 is 17.6 Å². The number of carbonyl (C=O) groups excluding carboxylic acids is 1. The van der Waals surface area contributed by atoms with E-state index in [0.717, 1.165) is 18.2 Å². The van der Waals surface area contributed by atoms with Crippen LogP contribution in [0.15, 0.2) is 24.3 Å². The van der Waals surface area contributed by atoms with Crippen molar-refractivity contribution in [1.82, 2.24) is 4.90 Å². The van der Waals surface area contributed by atoms with Gasteiger partial charge in [-0.3, -0.25) is 4.79 Å². The minimum absolute atomic E-state index is 0.0104. The van der Waals surface area contributed by atoms with E-state index in [1.54, 1.807) is 17.0 Å². The van der Waals surface area contributed by atoms with Crippen molar-refractivity contribution in [3.05, 3.63) is 35.6 Å². The van der Waals surface area contributed by atoms with Gasteiger partial charge in [0.25, 0.3) is 0 Å². The summed E-state index contributed by atoms with van der Waals surface area (Å²) in [5.74, 6) is -0.595. The Balaban J connectivity index is 1.98. The van der Waals surface area contributed by atoms with Crippen molar-refractivity contribution in [2.45, 2.75) is 18.9 Å². The molecule has 0 aliphatic carbocycles. The van der Waals surface area contributed by atoms with Crippen LogP contribution in [0.4, 0.5) is 4.39 Å². The van der Waals surface area contributed by atoms with Gasteiger partial charge in [-0.25, -0.2) is 12.8 Å². The summed E-state index contributed by atoms with van der Waals surface area (Å²) >= 11 is 0. The standard InChI is InChI=1S/C13H16FNO3S/c1-19(17,18)9-7-13(16)15-8-6-12(15)10-2-4-11(14)5-3-10/h2-5,12H,6-9H2,1H3. The largest absolute Gasteiger partial charge is 0.335 e. The highest BCUT2D eigenvalue weighted by Gasteiger charge is 2.33. The Morgan fingerprint density at radius 1 is 1.37 bits per heavy atom. The molecule has 0 radical (unpaired) electrons. The molecule has 1 fully saturated rings. The van der Waals surface area contributed by atoms with Gasteiger partial charge in [0.1, 0.15) is 15.7 Å². The quantitative estimate of drug-likeness (QED) is 0.843. The van der Waals surface area contributed by atoms with Gasteiger partial charge in [0.15, 0.2) is 0 Å². The van der Waals surface area contributed by atoms with Gasteiger partial charge < -0.3 is 4.90 Å². The van der Waals surface area contributed by atoms with Crippen molar-refractivity contribution in [1.29, 1.82) is 0 Å². The van der Waals surface area contributed by atoms with Crippen LogP contribution < -0.4 is 0 Å². The van der Waals surface area contributed by atoms with E-state index in [0.29, 0.717) is 6.54 Å². The van der Waals surface area contributed by atoms with Crippen molar-refractivity contribution in [3.63, 3.8) is 0 Å². The zero-order valence-corrected chi connectivity index (χ0v) is 11.5. The van der Waals surface area contributed by atoms with E-state index >= 15 is 0 Å². The molecule has 1 saturated heterocycles. The minimum atomic E-state index is -3.12. The molecule has 4 nitrogen and oxygen atoms in total. The first-order chi connectivity index (χ1) is 8.87. The second-order valence-electron chi connectivity index (χ2n) is 4.82. The molecule has 104 valence electrons. The number of halogens is 1. The maximum atomic E-state index is 12.8. The van der Waals surface area contributed by atoms with Crippen LogP contribution in [0.1, 0.15) is 24.4 Å². The van der Waals surface area contributed by atoms with Crippen molar-refractivity contribution in [2.24, 2.45) is 0 Å². The lowest BCUT2D eigenvalue weighted by Gasteiger charge is -2.41. The maximum absolute atomic E-state index is 12.8. The van der Waals surface area contributed by atoms with Crippen LogP contribution in [-0.4, -0.2) is 37.8 Å². The van der Waals surface area contributed by atoms with Gasteiger partial charge in [-0.05, 0) is 24.1 Å². The molecule has 1 amide bonds. The van der Waals surface area contributed by atoms with E-state index in [4.69, 9.17) is 0 Å². The lowest BCUT2D eigenvalue weighted by molar-refractivity contribution is -0.138. The summed E-state index contributed by atoms with van der Waals surface area (Å²) in [6.45, 7) is 0.630. The monoisotopic (exact) mass is 285 g/mol. The summed E-state index contributed by atoms with van der Waals surface area (Å²) in [5.41, 5.74) is 0.889. The Bertz CT molecular complexity index is 568. The van der Waals surface area contributed by atoms with E-state index in [2.05, 4.69) is 0 Å². The summed E-state index contributed by atoms with van der Waals surface area (Å²) in [6, 6.07) is 6.01. The van der Waals surface area contributed by atoms with E-state index in [9.17, 15) is 17.6 Å². The molecule has 0 aromatic heterocycles. The van der Waals surface area contributed by atoms with Crippen molar-refractivity contribution in [3.8, 4) is 0 Å². The summed E-state index contributed by atoms with van der Waals surface area (Å²) in [6.07, 6.45) is 1.96. The lowest BCUT2D eigenvalue weighted by atomic mass is 9.94. The van der Waals surface area contributed by atoms with Crippen LogP contribution in [0.5, 0.6) is 0 Å². The average Bonchev–Trinajstić information content (AvgIpc) is 2.27. The number of carbonyl (C=O) groups is 1. The molecule has 1 aliphatic rings. The molecule has 1 aromatic rings. The minimum Gasteiger partial charge on any atom is -0.335 e. The third-order valence-electron chi connectivity index (χ3n) is 3.28. The highest BCUT2D eigenvalue weighted by Crippen LogP contribution is 2.33. The van der Waals surface area contributed by atoms with E-state index in [1.165, 1.54) is 12.1 Å². The normalized spacial score (nSPS) is 19.1. The second-order valence-corrected chi connectivity index (χ2v) is 7.08. The number of hydrogen-bond acceptors (Lipinski definition) is 3. The first kappa shape index (κ1) is 14.0. The summed E-state index contributed by atoms with van der Waals surface area (Å²) in [5, 5.41) is 0. The molecule has 1 heterocycles. The Morgan fingerprint density at radius 2 is 2.00 bits per heavy atom. The van der Waals surface area contributed by atoms with E-state index < -0.39 is 9.84 Å². The molecule has 2 rings (SSSR count). The fourth-order valence-corrected chi connectivity index (χ4v) is 2.68. The fraction of sp³-hybridized carbons (Fsp3) is 0.462. The van der Waals surface area contributed by atoms with Crippen LogP contribution >= 0.6 is 0 Å². The van der Waals surface area contributed by atoms with Gasteiger partial charge >= 0.3 is 0 Å². The van der Waals surface area contributed by atoms with Crippen LogP contribution in [0.25, 0.3) is 0 Å². The zero-order chi connectivity index (χ0) is 14.0. The third kappa shape index (κ3) is 3.53.